The van der Waals surface area contributed by atoms with Crippen LogP contribution in [-0.2, 0) is 4.79 Å². The zero-order chi connectivity index (χ0) is 20.2. The largest absolute Gasteiger partial charge is 0.326 e. The number of hydrogen-bond acceptors (Lipinski definition) is 4. The summed E-state index contributed by atoms with van der Waals surface area (Å²) in [6, 6.07) is 19.0. The average molecular weight is 388 g/mol. The fraction of sp³-hybridized carbons (Fsp3) is 0.304. The second-order valence-corrected chi connectivity index (χ2v) is 7.20. The normalized spacial score (nSPS) is 16.6. The molecule has 0 bridgehead atoms. The highest BCUT2D eigenvalue weighted by Gasteiger charge is 2.34. The smallest absolute Gasteiger partial charge is 0.294 e. The summed E-state index contributed by atoms with van der Waals surface area (Å²) in [5, 5.41) is 4.55. The highest BCUT2D eigenvalue weighted by atomic mass is 16.2. The van der Waals surface area contributed by atoms with Gasteiger partial charge in [0.05, 0.1) is 11.7 Å². The molecule has 0 radical (unpaired) electrons. The summed E-state index contributed by atoms with van der Waals surface area (Å²) in [6.45, 7) is 2.41. The summed E-state index contributed by atoms with van der Waals surface area (Å²) >= 11 is 0. The Morgan fingerprint density at radius 2 is 1.69 bits per heavy atom. The Labute approximate surface area is 170 Å². The van der Waals surface area contributed by atoms with Gasteiger partial charge in [-0.15, -0.1) is 5.10 Å². The molecule has 1 fully saturated rings. The van der Waals surface area contributed by atoms with Crippen LogP contribution in [0.2, 0.25) is 0 Å². The van der Waals surface area contributed by atoms with E-state index in [1.165, 1.54) is 0 Å². The number of amides is 1. The van der Waals surface area contributed by atoms with Gasteiger partial charge in [-0.2, -0.15) is 0 Å². The standard InChI is InChI=1S/C23H24N4O2/c1-2-20(28)19-15-9-10-16-26(19)23(29)21-24-22(17-11-5-3-6-12-17)27(25-21)18-13-7-4-8-14-18/h3-8,11-14,19H,2,9-10,15-16H2,1H3. The first-order valence-electron chi connectivity index (χ1n) is 10.1. The molecule has 4 rings (SSSR count). The minimum Gasteiger partial charge on any atom is -0.326 e. The van der Waals surface area contributed by atoms with E-state index in [1.807, 2.05) is 67.6 Å². The summed E-state index contributed by atoms with van der Waals surface area (Å²) < 4.78 is 1.70. The van der Waals surface area contributed by atoms with E-state index in [1.54, 1.807) is 9.58 Å². The second-order valence-electron chi connectivity index (χ2n) is 7.20. The number of Topliss-reactive ketones (excluding diaryl/α,β-unsaturated/α-hetero) is 1. The molecule has 1 aliphatic heterocycles. The molecule has 0 aliphatic carbocycles. The lowest BCUT2D eigenvalue weighted by molar-refractivity contribution is -0.124. The number of rotatable bonds is 5. The zero-order valence-electron chi connectivity index (χ0n) is 16.5. The lowest BCUT2D eigenvalue weighted by Gasteiger charge is -2.33. The number of piperidine rings is 1. The van der Waals surface area contributed by atoms with Gasteiger partial charge in [-0.05, 0) is 31.4 Å². The number of nitrogens with zero attached hydrogens (tertiary/aromatic N) is 4. The molecule has 1 amide bonds. The molecule has 0 spiro atoms. The van der Waals surface area contributed by atoms with Crippen LogP contribution < -0.4 is 0 Å². The molecule has 1 unspecified atom stereocenters. The van der Waals surface area contributed by atoms with Crippen LogP contribution in [0.5, 0.6) is 0 Å². The van der Waals surface area contributed by atoms with Crippen molar-refractivity contribution in [3.05, 3.63) is 66.5 Å². The van der Waals surface area contributed by atoms with Gasteiger partial charge in [-0.1, -0.05) is 55.5 Å². The molecule has 0 saturated carbocycles. The number of benzene rings is 2. The van der Waals surface area contributed by atoms with Crippen molar-refractivity contribution >= 4 is 11.7 Å². The summed E-state index contributed by atoms with van der Waals surface area (Å²) in [7, 11) is 0. The number of ketones is 1. The first-order chi connectivity index (χ1) is 14.2. The summed E-state index contributed by atoms with van der Waals surface area (Å²) in [4.78, 5) is 31.9. The van der Waals surface area contributed by atoms with E-state index in [-0.39, 0.29) is 23.6 Å². The minimum absolute atomic E-state index is 0.101. The molecule has 2 heterocycles. The third kappa shape index (κ3) is 3.83. The highest BCUT2D eigenvalue weighted by Crippen LogP contribution is 2.24. The van der Waals surface area contributed by atoms with E-state index in [9.17, 15) is 9.59 Å². The third-order valence-corrected chi connectivity index (χ3v) is 5.31. The Bertz CT molecular complexity index is 941. The molecule has 6 nitrogen and oxygen atoms in total. The number of aromatic nitrogens is 3. The Balaban J connectivity index is 1.75. The summed E-state index contributed by atoms with van der Waals surface area (Å²) in [5.74, 6) is 0.561. The molecule has 1 atom stereocenters. The fourth-order valence-corrected chi connectivity index (χ4v) is 3.80. The van der Waals surface area contributed by atoms with Crippen molar-refractivity contribution < 1.29 is 9.59 Å². The predicted octanol–water partition coefficient (Wildman–Crippen LogP) is 3.91. The summed E-state index contributed by atoms with van der Waals surface area (Å²) in [5.41, 5.74) is 1.71. The van der Waals surface area contributed by atoms with E-state index >= 15 is 0 Å². The van der Waals surface area contributed by atoms with Crippen molar-refractivity contribution in [1.29, 1.82) is 0 Å². The molecule has 2 aromatic carbocycles. The molecular weight excluding hydrogens is 364 g/mol. The van der Waals surface area contributed by atoms with Crippen molar-refractivity contribution in [2.24, 2.45) is 0 Å². The number of carbonyl (C=O) groups is 2. The van der Waals surface area contributed by atoms with Crippen molar-refractivity contribution in [1.82, 2.24) is 19.7 Å². The van der Waals surface area contributed by atoms with Crippen molar-refractivity contribution in [2.75, 3.05) is 6.54 Å². The number of carbonyl (C=O) groups excluding carboxylic acids is 2. The lowest BCUT2D eigenvalue weighted by Crippen LogP contribution is -2.48. The maximum Gasteiger partial charge on any atom is 0.294 e. The maximum absolute atomic E-state index is 13.3. The van der Waals surface area contributed by atoms with Crippen LogP contribution in [0, 0.1) is 0 Å². The van der Waals surface area contributed by atoms with E-state index in [4.69, 9.17) is 0 Å². The van der Waals surface area contributed by atoms with E-state index in [2.05, 4.69) is 10.1 Å². The molecule has 1 aliphatic rings. The Morgan fingerprint density at radius 3 is 2.38 bits per heavy atom. The van der Waals surface area contributed by atoms with Gasteiger partial charge in [0.2, 0.25) is 5.82 Å². The van der Waals surface area contributed by atoms with Gasteiger partial charge in [0.25, 0.3) is 5.91 Å². The van der Waals surface area contributed by atoms with E-state index in [0.29, 0.717) is 25.2 Å². The third-order valence-electron chi connectivity index (χ3n) is 5.31. The maximum atomic E-state index is 13.3. The van der Waals surface area contributed by atoms with Crippen molar-refractivity contribution in [3.8, 4) is 17.1 Å². The van der Waals surface area contributed by atoms with Crippen LogP contribution in [0.25, 0.3) is 17.1 Å². The van der Waals surface area contributed by atoms with Gasteiger partial charge in [-0.3, -0.25) is 9.59 Å². The topological polar surface area (TPSA) is 68.1 Å². The molecule has 1 aromatic heterocycles. The quantitative estimate of drug-likeness (QED) is 0.665. The van der Waals surface area contributed by atoms with Crippen LogP contribution in [0.4, 0.5) is 0 Å². The lowest BCUT2D eigenvalue weighted by atomic mass is 9.97. The fourth-order valence-electron chi connectivity index (χ4n) is 3.80. The molecule has 148 valence electrons. The predicted molar refractivity (Wildman–Crippen MR) is 111 cm³/mol. The number of likely N-dealkylation sites (tertiary alicyclic amines) is 1. The molecular formula is C23H24N4O2. The van der Waals surface area contributed by atoms with Gasteiger partial charge < -0.3 is 4.90 Å². The molecule has 3 aromatic rings. The average Bonchev–Trinajstić information content (AvgIpc) is 3.25. The van der Waals surface area contributed by atoms with Gasteiger partial charge in [0.1, 0.15) is 0 Å². The molecule has 1 saturated heterocycles. The van der Waals surface area contributed by atoms with Gasteiger partial charge in [-0.25, -0.2) is 9.67 Å². The summed E-state index contributed by atoms with van der Waals surface area (Å²) in [6.07, 6.45) is 2.99. The number of hydrogen-bond donors (Lipinski definition) is 0. The Hall–Kier alpha value is -3.28. The number of para-hydroxylation sites is 1. The van der Waals surface area contributed by atoms with Crippen LogP contribution in [0.1, 0.15) is 43.2 Å². The second kappa shape index (κ2) is 8.39. The first-order valence-corrected chi connectivity index (χ1v) is 10.1. The van der Waals surface area contributed by atoms with E-state index in [0.717, 1.165) is 24.1 Å². The molecule has 0 N–H and O–H groups in total. The monoisotopic (exact) mass is 388 g/mol. The van der Waals surface area contributed by atoms with Crippen LogP contribution in [0.15, 0.2) is 60.7 Å². The van der Waals surface area contributed by atoms with Gasteiger partial charge >= 0.3 is 0 Å². The molecule has 29 heavy (non-hydrogen) atoms. The first kappa shape index (κ1) is 19.1. The SMILES string of the molecule is CCC(=O)C1CCCCN1C(=O)c1nc(-c2ccccc2)n(-c2ccccc2)n1. The van der Waals surface area contributed by atoms with Crippen molar-refractivity contribution in [3.63, 3.8) is 0 Å². The minimum atomic E-state index is -0.370. The highest BCUT2D eigenvalue weighted by molar-refractivity contribution is 5.96. The van der Waals surface area contributed by atoms with Gasteiger partial charge in [0, 0.05) is 18.5 Å². The Morgan fingerprint density at radius 1 is 1.00 bits per heavy atom. The molecule has 6 heteroatoms. The zero-order valence-corrected chi connectivity index (χ0v) is 16.5. The Kier molecular flexibility index (Phi) is 5.51. The van der Waals surface area contributed by atoms with Crippen LogP contribution in [0.3, 0.4) is 0 Å². The van der Waals surface area contributed by atoms with E-state index < -0.39 is 0 Å². The van der Waals surface area contributed by atoms with Crippen molar-refractivity contribution in [2.45, 2.75) is 38.6 Å². The van der Waals surface area contributed by atoms with Gasteiger partial charge in [0.15, 0.2) is 11.6 Å². The van der Waals surface area contributed by atoms with Crippen LogP contribution in [-0.4, -0.2) is 43.9 Å². The van der Waals surface area contributed by atoms with Crippen LogP contribution >= 0.6 is 0 Å².